The minimum absolute atomic E-state index is 0.0984. The first kappa shape index (κ1) is 11.6. The molecule has 2 N–H and O–H groups in total. The summed E-state index contributed by atoms with van der Waals surface area (Å²) in [6.45, 7) is 5.41. The summed E-state index contributed by atoms with van der Waals surface area (Å²) >= 11 is 0. The van der Waals surface area contributed by atoms with Gasteiger partial charge in [0.1, 0.15) is 0 Å². The lowest BCUT2D eigenvalue weighted by atomic mass is 9.86. The molecule has 1 aromatic heterocycles. The van der Waals surface area contributed by atoms with E-state index in [1.807, 2.05) is 17.9 Å². The number of rotatable bonds is 5. The van der Waals surface area contributed by atoms with Crippen LogP contribution in [0.4, 0.5) is 0 Å². The zero-order chi connectivity index (χ0) is 11.6. The Labute approximate surface area is 97.4 Å². The topological polar surface area (TPSA) is 47.1 Å². The van der Waals surface area contributed by atoms with E-state index in [1.165, 1.54) is 12.1 Å². The van der Waals surface area contributed by atoms with E-state index in [-0.39, 0.29) is 5.54 Å². The molecule has 1 saturated heterocycles. The highest BCUT2D eigenvalue weighted by Crippen LogP contribution is 2.23. The predicted molar refractivity (Wildman–Crippen MR) is 65.2 cm³/mol. The molecule has 0 bridgehead atoms. The van der Waals surface area contributed by atoms with Crippen molar-refractivity contribution in [3.8, 4) is 0 Å². The summed E-state index contributed by atoms with van der Waals surface area (Å²) in [5, 5.41) is 4.17. The maximum absolute atomic E-state index is 6.22. The van der Waals surface area contributed by atoms with Crippen molar-refractivity contribution in [3.05, 3.63) is 18.0 Å². The highest BCUT2D eigenvalue weighted by Gasteiger charge is 2.37. The van der Waals surface area contributed by atoms with Gasteiger partial charge >= 0.3 is 0 Å². The second-order valence-electron chi connectivity index (χ2n) is 5.02. The molecule has 0 unspecified atom stereocenters. The van der Waals surface area contributed by atoms with Crippen molar-refractivity contribution in [1.82, 2.24) is 14.7 Å². The third kappa shape index (κ3) is 2.44. The number of nitrogens with zero attached hydrogens (tertiary/aromatic N) is 3. The van der Waals surface area contributed by atoms with E-state index in [2.05, 4.69) is 23.0 Å². The molecule has 0 aliphatic carbocycles. The van der Waals surface area contributed by atoms with Crippen LogP contribution in [0, 0.1) is 0 Å². The van der Waals surface area contributed by atoms with Crippen molar-refractivity contribution in [2.75, 3.05) is 19.6 Å². The molecule has 1 aliphatic rings. The number of aromatic nitrogens is 2. The first-order valence-corrected chi connectivity index (χ1v) is 6.11. The molecule has 0 atom stereocenters. The van der Waals surface area contributed by atoms with Crippen molar-refractivity contribution < 1.29 is 0 Å². The number of nitrogens with two attached hydrogens (primary N) is 1. The average molecular weight is 222 g/mol. The summed E-state index contributed by atoms with van der Waals surface area (Å²) < 4.78 is 1.95. The lowest BCUT2D eigenvalue weighted by Gasteiger charge is -2.48. The van der Waals surface area contributed by atoms with E-state index in [0.717, 1.165) is 32.5 Å². The zero-order valence-electron chi connectivity index (χ0n) is 10.3. The van der Waals surface area contributed by atoms with Crippen molar-refractivity contribution >= 4 is 0 Å². The molecule has 0 radical (unpaired) electrons. The van der Waals surface area contributed by atoms with Crippen LogP contribution in [-0.2, 0) is 13.5 Å². The summed E-state index contributed by atoms with van der Waals surface area (Å²) in [5.41, 5.74) is 7.62. The van der Waals surface area contributed by atoms with Crippen molar-refractivity contribution in [2.24, 2.45) is 12.8 Å². The van der Waals surface area contributed by atoms with Gasteiger partial charge in [0.15, 0.2) is 0 Å². The van der Waals surface area contributed by atoms with E-state index >= 15 is 0 Å². The first-order chi connectivity index (χ1) is 7.63. The average Bonchev–Trinajstić information content (AvgIpc) is 2.58. The third-order valence-corrected chi connectivity index (χ3v) is 3.43. The second kappa shape index (κ2) is 4.55. The van der Waals surface area contributed by atoms with Crippen LogP contribution >= 0.6 is 0 Å². The standard InChI is InChI=1S/C12H22N4/c1-3-6-12(13)9-16(10-12)8-5-11-4-7-14-15(11)2/h4,7H,3,5-6,8-10,13H2,1-2H3. The van der Waals surface area contributed by atoms with E-state index in [1.54, 1.807) is 0 Å². The van der Waals surface area contributed by atoms with Crippen LogP contribution in [0.1, 0.15) is 25.5 Å². The largest absolute Gasteiger partial charge is 0.323 e. The second-order valence-corrected chi connectivity index (χ2v) is 5.02. The number of hydrogen-bond acceptors (Lipinski definition) is 3. The van der Waals surface area contributed by atoms with Crippen molar-refractivity contribution in [3.63, 3.8) is 0 Å². The summed E-state index contributed by atoms with van der Waals surface area (Å²) in [5.74, 6) is 0. The first-order valence-electron chi connectivity index (χ1n) is 6.11. The summed E-state index contributed by atoms with van der Waals surface area (Å²) in [6.07, 6.45) is 5.26. The predicted octanol–water partition coefficient (Wildman–Crippen LogP) is 0.776. The summed E-state index contributed by atoms with van der Waals surface area (Å²) in [6, 6.07) is 2.08. The Morgan fingerprint density at radius 1 is 1.50 bits per heavy atom. The van der Waals surface area contributed by atoms with Crippen molar-refractivity contribution in [2.45, 2.75) is 31.7 Å². The molecule has 0 saturated carbocycles. The number of hydrogen-bond donors (Lipinski definition) is 1. The zero-order valence-corrected chi connectivity index (χ0v) is 10.3. The van der Waals surface area contributed by atoms with Gasteiger partial charge in [-0.15, -0.1) is 0 Å². The lowest BCUT2D eigenvalue weighted by molar-refractivity contribution is 0.0647. The number of likely N-dealkylation sites (tertiary alicyclic amines) is 1. The Bertz CT molecular complexity index is 339. The van der Waals surface area contributed by atoms with E-state index < -0.39 is 0 Å². The van der Waals surface area contributed by atoms with Crippen LogP contribution in [0.25, 0.3) is 0 Å². The van der Waals surface area contributed by atoms with Crippen LogP contribution in [0.2, 0.25) is 0 Å². The van der Waals surface area contributed by atoms with Gasteiger partial charge in [-0.25, -0.2) is 0 Å². The van der Waals surface area contributed by atoms with Gasteiger partial charge in [-0.1, -0.05) is 13.3 Å². The van der Waals surface area contributed by atoms with Crippen molar-refractivity contribution in [1.29, 1.82) is 0 Å². The quantitative estimate of drug-likeness (QED) is 0.800. The van der Waals surface area contributed by atoms with Gasteiger partial charge in [0, 0.05) is 50.5 Å². The molecule has 1 aliphatic heterocycles. The highest BCUT2D eigenvalue weighted by molar-refractivity contribution is 5.04. The number of aryl methyl sites for hydroxylation is 1. The Balaban J connectivity index is 1.72. The highest BCUT2D eigenvalue weighted by atomic mass is 15.3. The van der Waals surface area contributed by atoms with Gasteiger partial charge in [0.25, 0.3) is 0 Å². The SMILES string of the molecule is CCCC1(N)CN(CCc2ccnn2C)C1. The molecular formula is C12H22N4. The molecule has 1 aromatic rings. The van der Waals surface area contributed by atoms with Crippen LogP contribution in [0.5, 0.6) is 0 Å². The Hall–Kier alpha value is -0.870. The van der Waals surface area contributed by atoms with Gasteiger partial charge in [-0.2, -0.15) is 5.10 Å². The van der Waals surface area contributed by atoms with Gasteiger partial charge in [-0.05, 0) is 12.5 Å². The van der Waals surface area contributed by atoms with Crippen LogP contribution < -0.4 is 5.73 Å². The fraction of sp³-hybridized carbons (Fsp3) is 0.750. The molecule has 0 amide bonds. The Morgan fingerprint density at radius 2 is 2.25 bits per heavy atom. The summed E-state index contributed by atoms with van der Waals surface area (Å²) in [4.78, 5) is 2.43. The smallest absolute Gasteiger partial charge is 0.0492 e. The Morgan fingerprint density at radius 3 is 2.81 bits per heavy atom. The van der Waals surface area contributed by atoms with Crippen LogP contribution in [0.15, 0.2) is 12.3 Å². The fourth-order valence-electron chi connectivity index (χ4n) is 2.58. The molecule has 4 heteroatoms. The molecule has 0 spiro atoms. The molecule has 1 fully saturated rings. The molecule has 2 heterocycles. The molecule has 16 heavy (non-hydrogen) atoms. The van der Waals surface area contributed by atoms with Crippen LogP contribution in [-0.4, -0.2) is 39.9 Å². The molecule has 2 rings (SSSR count). The third-order valence-electron chi connectivity index (χ3n) is 3.43. The van der Waals surface area contributed by atoms with E-state index in [9.17, 15) is 0 Å². The summed E-state index contributed by atoms with van der Waals surface area (Å²) in [7, 11) is 2.00. The minimum Gasteiger partial charge on any atom is -0.323 e. The van der Waals surface area contributed by atoms with E-state index in [4.69, 9.17) is 5.73 Å². The maximum Gasteiger partial charge on any atom is 0.0492 e. The van der Waals surface area contributed by atoms with Gasteiger partial charge in [0.05, 0.1) is 0 Å². The fourth-order valence-corrected chi connectivity index (χ4v) is 2.58. The van der Waals surface area contributed by atoms with Gasteiger partial charge in [-0.3, -0.25) is 9.58 Å². The normalized spacial score (nSPS) is 19.7. The molecule has 90 valence electrons. The van der Waals surface area contributed by atoms with Gasteiger partial charge in [0.2, 0.25) is 0 Å². The Kier molecular flexibility index (Phi) is 3.30. The van der Waals surface area contributed by atoms with Crippen LogP contribution in [0.3, 0.4) is 0 Å². The van der Waals surface area contributed by atoms with Gasteiger partial charge < -0.3 is 5.73 Å². The van der Waals surface area contributed by atoms with E-state index in [0.29, 0.717) is 0 Å². The monoisotopic (exact) mass is 222 g/mol. The molecule has 0 aromatic carbocycles. The minimum atomic E-state index is 0.0984. The molecule has 4 nitrogen and oxygen atoms in total. The maximum atomic E-state index is 6.22. The molecular weight excluding hydrogens is 200 g/mol. The lowest BCUT2D eigenvalue weighted by Crippen LogP contribution is -2.67.